The molecule has 1 unspecified atom stereocenters. The van der Waals surface area contributed by atoms with Crippen LogP contribution in [0.5, 0.6) is 0 Å². The lowest BCUT2D eigenvalue weighted by Crippen LogP contribution is -2.48. The highest BCUT2D eigenvalue weighted by Crippen LogP contribution is 2.55. The van der Waals surface area contributed by atoms with Crippen LogP contribution in [0.4, 0.5) is 5.82 Å². The Morgan fingerprint density at radius 1 is 1.43 bits per heavy atom. The average Bonchev–Trinajstić information content (AvgIpc) is 3.08. The molecule has 3 fully saturated rings. The number of aryl methyl sites for hydroxylation is 1. The summed E-state index contributed by atoms with van der Waals surface area (Å²) in [7, 11) is 0. The monoisotopic (exact) mass is 418 g/mol. The number of nitrogens with one attached hydrogen (secondary N) is 1. The van der Waals surface area contributed by atoms with Gasteiger partial charge in [-0.15, -0.1) is 0 Å². The van der Waals surface area contributed by atoms with Gasteiger partial charge in [0.1, 0.15) is 11.8 Å². The fourth-order valence-corrected chi connectivity index (χ4v) is 5.10. The topological polar surface area (TPSA) is 116 Å². The number of nitrogens with zero attached hydrogens (tertiary/aromatic N) is 3. The molecule has 0 aromatic carbocycles. The summed E-state index contributed by atoms with van der Waals surface area (Å²) in [6, 6.07) is 1.06. The standard InChI is InChI=1S/C21H30N4O5/c1-14-8-18(23-30-14)22-19(27)17-10-21(6-7-21)12-25(17)20(28)16(11-24(29)13-26)9-15-4-2-3-5-15/h8,13,15-17,29H,2-7,9-12H2,1H3,(H,22,23,27)/t16-,17?/m1/s1. The van der Waals surface area contributed by atoms with Crippen molar-refractivity contribution in [3.05, 3.63) is 11.8 Å². The minimum absolute atomic E-state index is 0.0267. The van der Waals surface area contributed by atoms with E-state index in [0.717, 1.165) is 38.5 Å². The maximum Gasteiger partial charge on any atom is 0.248 e. The Morgan fingerprint density at radius 2 is 2.17 bits per heavy atom. The molecule has 0 radical (unpaired) electrons. The Balaban J connectivity index is 1.50. The second kappa shape index (κ2) is 8.37. The first-order valence-corrected chi connectivity index (χ1v) is 10.8. The van der Waals surface area contributed by atoms with Crippen LogP contribution in [0.2, 0.25) is 0 Å². The number of hydroxylamine groups is 2. The zero-order valence-electron chi connectivity index (χ0n) is 17.4. The maximum atomic E-state index is 13.5. The smallest absolute Gasteiger partial charge is 0.248 e. The molecular weight excluding hydrogens is 388 g/mol. The predicted octanol–water partition coefficient (Wildman–Crippen LogP) is 2.35. The van der Waals surface area contributed by atoms with Crippen molar-refractivity contribution < 1.29 is 24.1 Å². The molecule has 1 saturated heterocycles. The highest BCUT2D eigenvalue weighted by molar-refractivity contribution is 5.97. The van der Waals surface area contributed by atoms with Gasteiger partial charge in [0.2, 0.25) is 18.2 Å². The molecule has 9 nitrogen and oxygen atoms in total. The van der Waals surface area contributed by atoms with E-state index in [1.807, 2.05) is 0 Å². The summed E-state index contributed by atoms with van der Waals surface area (Å²) in [5.41, 5.74) is 0.0267. The zero-order valence-corrected chi connectivity index (χ0v) is 17.4. The van der Waals surface area contributed by atoms with Crippen LogP contribution in [0.25, 0.3) is 0 Å². The van der Waals surface area contributed by atoms with Gasteiger partial charge < -0.3 is 14.7 Å². The van der Waals surface area contributed by atoms with Gasteiger partial charge in [-0.3, -0.25) is 19.6 Å². The third-order valence-corrected chi connectivity index (χ3v) is 6.90. The maximum absolute atomic E-state index is 13.5. The number of amides is 3. The van der Waals surface area contributed by atoms with Gasteiger partial charge in [-0.25, -0.2) is 5.06 Å². The van der Waals surface area contributed by atoms with E-state index in [1.54, 1.807) is 17.9 Å². The Labute approximate surface area is 175 Å². The lowest BCUT2D eigenvalue weighted by atomic mass is 9.91. The number of anilines is 1. The van der Waals surface area contributed by atoms with Crippen molar-refractivity contribution in [1.29, 1.82) is 0 Å². The van der Waals surface area contributed by atoms with Gasteiger partial charge >= 0.3 is 0 Å². The van der Waals surface area contributed by atoms with Crippen molar-refractivity contribution in [2.24, 2.45) is 17.3 Å². The van der Waals surface area contributed by atoms with Crippen molar-refractivity contribution in [2.75, 3.05) is 18.4 Å². The molecule has 0 bridgehead atoms. The van der Waals surface area contributed by atoms with Crippen LogP contribution in [0.1, 0.15) is 57.1 Å². The number of hydrogen-bond donors (Lipinski definition) is 2. The fourth-order valence-electron chi connectivity index (χ4n) is 5.10. The third-order valence-electron chi connectivity index (χ3n) is 6.90. The van der Waals surface area contributed by atoms with Crippen LogP contribution in [0, 0.1) is 24.2 Å². The van der Waals surface area contributed by atoms with Crippen LogP contribution < -0.4 is 5.32 Å². The van der Waals surface area contributed by atoms with E-state index in [4.69, 9.17) is 4.52 Å². The summed E-state index contributed by atoms with van der Waals surface area (Å²) >= 11 is 0. The Bertz CT molecular complexity index is 799. The molecule has 2 saturated carbocycles. The van der Waals surface area contributed by atoms with Gasteiger partial charge in [0.25, 0.3) is 0 Å². The summed E-state index contributed by atoms with van der Waals surface area (Å²) in [5, 5.41) is 16.9. The molecule has 3 amide bonds. The molecule has 2 aliphatic carbocycles. The molecule has 1 aromatic heterocycles. The van der Waals surface area contributed by atoms with E-state index in [0.29, 0.717) is 48.4 Å². The van der Waals surface area contributed by atoms with Gasteiger partial charge in [-0.1, -0.05) is 30.8 Å². The number of hydrogen-bond acceptors (Lipinski definition) is 6. The van der Waals surface area contributed by atoms with Crippen molar-refractivity contribution in [3.8, 4) is 0 Å². The molecule has 1 aromatic rings. The van der Waals surface area contributed by atoms with E-state index in [9.17, 15) is 19.6 Å². The second-order valence-electron chi connectivity index (χ2n) is 9.31. The zero-order chi connectivity index (χ0) is 21.3. The van der Waals surface area contributed by atoms with Crippen LogP contribution in [-0.4, -0.2) is 57.7 Å². The number of rotatable bonds is 8. The normalized spacial score (nSPS) is 23.5. The van der Waals surface area contributed by atoms with Crippen LogP contribution >= 0.6 is 0 Å². The summed E-state index contributed by atoms with van der Waals surface area (Å²) in [4.78, 5) is 39.2. The van der Waals surface area contributed by atoms with Gasteiger partial charge in [0.15, 0.2) is 5.82 Å². The minimum Gasteiger partial charge on any atom is -0.360 e. The average molecular weight is 418 g/mol. The van der Waals surface area contributed by atoms with Crippen molar-refractivity contribution in [3.63, 3.8) is 0 Å². The first-order valence-electron chi connectivity index (χ1n) is 10.8. The highest BCUT2D eigenvalue weighted by atomic mass is 16.5. The molecule has 4 rings (SSSR count). The predicted molar refractivity (Wildman–Crippen MR) is 106 cm³/mol. The van der Waals surface area contributed by atoms with Crippen molar-refractivity contribution >= 4 is 24.0 Å². The lowest BCUT2D eigenvalue weighted by molar-refractivity contribution is -0.158. The van der Waals surface area contributed by atoms with Crippen LogP contribution in [0.15, 0.2) is 10.6 Å². The van der Waals surface area contributed by atoms with Crippen LogP contribution in [-0.2, 0) is 14.4 Å². The van der Waals surface area contributed by atoms with Gasteiger partial charge in [-0.05, 0) is 43.9 Å². The quantitative estimate of drug-likeness (QED) is 0.380. The Morgan fingerprint density at radius 3 is 2.77 bits per heavy atom. The molecule has 164 valence electrons. The van der Waals surface area contributed by atoms with E-state index in [1.165, 1.54) is 0 Å². The molecule has 2 N–H and O–H groups in total. The Kier molecular flexibility index (Phi) is 5.81. The molecule has 1 aliphatic heterocycles. The first-order chi connectivity index (χ1) is 14.4. The molecule has 2 atom stereocenters. The van der Waals surface area contributed by atoms with Gasteiger partial charge in [-0.2, -0.15) is 0 Å². The number of carbonyl (C=O) groups excluding carboxylic acids is 3. The SMILES string of the molecule is Cc1cc(NC(=O)C2CC3(CC3)CN2C(=O)[C@H](CC2CCCC2)CN(O)C=O)no1. The second-order valence-corrected chi connectivity index (χ2v) is 9.31. The summed E-state index contributed by atoms with van der Waals surface area (Å²) < 4.78 is 5.01. The minimum atomic E-state index is -0.577. The van der Waals surface area contributed by atoms with E-state index < -0.39 is 12.0 Å². The highest BCUT2D eigenvalue weighted by Gasteiger charge is 2.55. The third kappa shape index (κ3) is 4.50. The molecule has 9 heteroatoms. The van der Waals surface area contributed by atoms with Crippen LogP contribution in [0.3, 0.4) is 0 Å². The molecule has 1 spiro atoms. The first kappa shape index (κ1) is 20.8. The fraction of sp³-hybridized carbons (Fsp3) is 0.714. The number of likely N-dealkylation sites (tertiary alicyclic amines) is 1. The summed E-state index contributed by atoms with van der Waals surface area (Å²) in [6.45, 7) is 2.25. The summed E-state index contributed by atoms with van der Waals surface area (Å²) in [5.74, 6) is 0.423. The lowest BCUT2D eigenvalue weighted by Gasteiger charge is -2.30. The number of aromatic nitrogens is 1. The van der Waals surface area contributed by atoms with E-state index >= 15 is 0 Å². The molecule has 2 heterocycles. The molecule has 3 aliphatic rings. The molecular formula is C21H30N4O5. The van der Waals surface area contributed by atoms with E-state index in [2.05, 4.69) is 10.5 Å². The largest absolute Gasteiger partial charge is 0.360 e. The van der Waals surface area contributed by atoms with Gasteiger partial charge in [0.05, 0.1) is 12.5 Å². The molecule has 30 heavy (non-hydrogen) atoms. The van der Waals surface area contributed by atoms with Crippen molar-refractivity contribution in [1.82, 2.24) is 15.1 Å². The Hall–Kier alpha value is -2.42. The van der Waals surface area contributed by atoms with E-state index in [-0.39, 0.29) is 23.8 Å². The number of carbonyl (C=O) groups is 3. The summed E-state index contributed by atoms with van der Waals surface area (Å²) in [6.07, 6.45) is 8.05. The van der Waals surface area contributed by atoms with Crippen molar-refractivity contribution in [2.45, 2.75) is 64.3 Å². The van der Waals surface area contributed by atoms with Gasteiger partial charge in [0, 0.05) is 12.6 Å².